The molecule has 2 aromatic rings. The number of likely N-dealkylation sites (tertiary alicyclic amines) is 1. The van der Waals surface area contributed by atoms with Gasteiger partial charge in [-0.1, -0.05) is 43.3 Å². The largest absolute Gasteiger partial charge is 0.493 e. The Bertz CT molecular complexity index is 1170. The minimum absolute atomic E-state index is 0.0190. The van der Waals surface area contributed by atoms with Gasteiger partial charge in [-0.2, -0.15) is 0 Å². The Hall–Kier alpha value is -2.08. The third kappa shape index (κ3) is 2.45. The summed E-state index contributed by atoms with van der Waals surface area (Å²) in [7, 11) is 6.01. The van der Waals surface area contributed by atoms with Gasteiger partial charge in [0.25, 0.3) is 0 Å². The van der Waals surface area contributed by atoms with Crippen molar-refractivity contribution in [3.05, 3.63) is 59.2 Å². The maximum absolute atomic E-state index is 7.09. The van der Waals surface area contributed by atoms with E-state index >= 15 is 0 Å². The zero-order valence-electron chi connectivity index (χ0n) is 21.4. The van der Waals surface area contributed by atoms with Crippen LogP contribution in [0.15, 0.2) is 42.5 Å². The number of likely N-dealkylation sites (N-methyl/N-ethyl adjacent to an activating group) is 1. The molecule has 3 saturated carbocycles. The van der Waals surface area contributed by atoms with Gasteiger partial charge in [-0.25, -0.2) is 0 Å². The fourth-order valence-electron chi connectivity index (χ4n) is 9.54. The van der Waals surface area contributed by atoms with E-state index in [2.05, 4.69) is 61.3 Å². The molecule has 4 bridgehead atoms. The summed E-state index contributed by atoms with van der Waals surface area (Å²) in [4.78, 5) is 2.64. The monoisotopic (exact) mass is 475 g/mol. The number of piperidine rings is 1. The van der Waals surface area contributed by atoms with Gasteiger partial charge in [-0.3, -0.25) is 0 Å². The van der Waals surface area contributed by atoms with Crippen molar-refractivity contribution in [1.29, 1.82) is 0 Å². The molecule has 5 heteroatoms. The predicted octanol–water partition coefficient (Wildman–Crippen LogP) is 4.75. The molecule has 0 amide bonds. The van der Waals surface area contributed by atoms with E-state index < -0.39 is 5.60 Å². The molecule has 0 N–H and O–H groups in total. The second-order valence-corrected chi connectivity index (χ2v) is 12.0. The highest BCUT2D eigenvalue weighted by Gasteiger charge is 2.82. The Kier molecular flexibility index (Phi) is 4.58. The highest BCUT2D eigenvalue weighted by molar-refractivity contribution is 5.63. The molecule has 2 heterocycles. The van der Waals surface area contributed by atoms with Crippen LogP contribution < -0.4 is 9.47 Å². The van der Waals surface area contributed by atoms with Crippen molar-refractivity contribution >= 4 is 0 Å². The topological polar surface area (TPSA) is 40.2 Å². The van der Waals surface area contributed by atoms with Crippen molar-refractivity contribution in [3.63, 3.8) is 0 Å². The predicted molar refractivity (Wildman–Crippen MR) is 134 cm³/mol. The van der Waals surface area contributed by atoms with Gasteiger partial charge in [0.05, 0.1) is 20.3 Å². The summed E-state index contributed by atoms with van der Waals surface area (Å²) in [5, 5.41) is 0. The normalized spacial score (nSPS) is 40.3. The van der Waals surface area contributed by atoms with E-state index in [0.717, 1.165) is 43.7 Å². The van der Waals surface area contributed by atoms with Crippen molar-refractivity contribution in [3.8, 4) is 11.5 Å². The summed E-state index contributed by atoms with van der Waals surface area (Å²) in [5.74, 6) is 1.85. The molecule has 5 nitrogen and oxygen atoms in total. The lowest BCUT2D eigenvalue weighted by atomic mass is 9.32. The van der Waals surface area contributed by atoms with E-state index in [1.54, 1.807) is 7.11 Å². The first-order chi connectivity index (χ1) is 16.9. The Balaban J connectivity index is 1.36. The van der Waals surface area contributed by atoms with Crippen LogP contribution in [-0.2, 0) is 27.9 Å². The molecule has 4 fully saturated rings. The lowest BCUT2D eigenvalue weighted by Gasteiger charge is -2.76. The molecule has 2 spiro atoms. The van der Waals surface area contributed by atoms with Crippen LogP contribution in [0, 0.1) is 10.8 Å². The minimum Gasteiger partial charge on any atom is -0.493 e. The van der Waals surface area contributed by atoms with Crippen LogP contribution in [0.1, 0.15) is 49.3 Å². The molecule has 2 aromatic carbocycles. The SMILES string of the molecule is COc1ccc2c3c1O[C@H]1C4(OC)CC[C@@]5(C[C@]4(C)COCc4ccccc4)[C@@H](C2)N(C)CC[C@]315. The quantitative estimate of drug-likeness (QED) is 0.603. The standard InChI is InChI=1S/C30H37NO4/c1-27(19-34-17-20-8-6-5-7-9-20)18-28-12-13-30(27,33-4)26-29(28)14-15-31(2)23(28)16-21-10-11-22(32-3)25(35-26)24(21)29/h5-11,23,26H,12-19H2,1-4H3/t23-,26-,27-,28-,29+,30?/m1/s1. The summed E-state index contributed by atoms with van der Waals surface area (Å²) >= 11 is 0. The van der Waals surface area contributed by atoms with Crippen LogP contribution in [0.4, 0.5) is 0 Å². The van der Waals surface area contributed by atoms with Gasteiger partial charge in [0.1, 0.15) is 11.7 Å². The van der Waals surface area contributed by atoms with Crippen molar-refractivity contribution in [1.82, 2.24) is 4.90 Å². The van der Waals surface area contributed by atoms with Crippen LogP contribution in [-0.4, -0.2) is 57.1 Å². The zero-order valence-corrected chi connectivity index (χ0v) is 21.4. The molecule has 35 heavy (non-hydrogen) atoms. The van der Waals surface area contributed by atoms with Gasteiger partial charge in [0, 0.05) is 35.0 Å². The molecule has 2 aliphatic heterocycles. The van der Waals surface area contributed by atoms with Gasteiger partial charge in [-0.15, -0.1) is 0 Å². The second kappa shape index (κ2) is 7.24. The Morgan fingerprint density at radius 2 is 1.89 bits per heavy atom. The lowest BCUT2D eigenvalue weighted by Crippen LogP contribution is -2.83. The van der Waals surface area contributed by atoms with E-state index in [4.69, 9.17) is 18.9 Å². The van der Waals surface area contributed by atoms with Gasteiger partial charge in [0.15, 0.2) is 11.5 Å². The average Bonchev–Trinajstić information content (AvgIpc) is 3.23. The number of benzene rings is 2. The smallest absolute Gasteiger partial charge is 0.165 e. The van der Waals surface area contributed by atoms with E-state index in [1.165, 1.54) is 23.1 Å². The van der Waals surface area contributed by atoms with Crippen molar-refractivity contribution < 1.29 is 18.9 Å². The summed E-state index contributed by atoms with van der Waals surface area (Å²) < 4.78 is 26.1. The molecule has 0 radical (unpaired) electrons. The Morgan fingerprint density at radius 3 is 2.66 bits per heavy atom. The number of methoxy groups -OCH3 is 2. The van der Waals surface area contributed by atoms with Crippen LogP contribution in [0.25, 0.3) is 0 Å². The number of hydrogen-bond acceptors (Lipinski definition) is 5. The number of fused-ring (bicyclic) bond motifs is 2. The first-order valence-electron chi connectivity index (χ1n) is 13.2. The highest BCUT2D eigenvalue weighted by Crippen LogP contribution is 2.78. The molecule has 0 aromatic heterocycles. The van der Waals surface area contributed by atoms with Crippen molar-refractivity contribution in [2.24, 2.45) is 10.8 Å². The minimum atomic E-state index is -0.398. The Labute approximate surface area is 208 Å². The first kappa shape index (κ1) is 22.1. The molecule has 186 valence electrons. The zero-order chi connectivity index (χ0) is 24.1. The molecule has 8 rings (SSSR count). The Morgan fingerprint density at radius 1 is 1.06 bits per heavy atom. The summed E-state index contributed by atoms with van der Waals surface area (Å²) in [6, 6.07) is 15.4. The molecular formula is C30H37NO4. The summed E-state index contributed by atoms with van der Waals surface area (Å²) in [6.45, 7) is 4.80. The van der Waals surface area contributed by atoms with Crippen LogP contribution in [0.5, 0.6) is 11.5 Å². The molecule has 4 aliphatic carbocycles. The van der Waals surface area contributed by atoms with E-state index in [1.807, 2.05) is 7.11 Å². The summed E-state index contributed by atoms with van der Waals surface area (Å²) in [6.07, 6.45) is 5.48. The van der Waals surface area contributed by atoms with Crippen LogP contribution >= 0.6 is 0 Å². The summed E-state index contributed by atoms with van der Waals surface area (Å²) in [5.41, 5.74) is 3.70. The van der Waals surface area contributed by atoms with Gasteiger partial charge in [-0.05, 0) is 62.9 Å². The van der Waals surface area contributed by atoms with E-state index in [9.17, 15) is 0 Å². The van der Waals surface area contributed by atoms with Crippen molar-refractivity contribution in [2.45, 2.75) is 68.8 Å². The fraction of sp³-hybridized carbons (Fsp3) is 0.600. The van der Waals surface area contributed by atoms with Crippen LogP contribution in [0.2, 0.25) is 0 Å². The number of rotatable bonds is 6. The highest BCUT2D eigenvalue weighted by atomic mass is 16.6. The molecule has 1 unspecified atom stereocenters. The molecular weight excluding hydrogens is 438 g/mol. The van der Waals surface area contributed by atoms with Crippen molar-refractivity contribution in [2.75, 3.05) is 34.4 Å². The van der Waals surface area contributed by atoms with Gasteiger partial charge < -0.3 is 23.8 Å². The van der Waals surface area contributed by atoms with Gasteiger partial charge in [0.2, 0.25) is 0 Å². The van der Waals surface area contributed by atoms with E-state index in [-0.39, 0.29) is 22.3 Å². The lowest BCUT2D eigenvalue weighted by molar-refractivity contribution is -0.313. The maximum atomic E-state index is 7.09. The number of hydrogen-bond donors (Lipinski definition) is 0. The molecule has 6 aliphatic rings. The second-order valence-electron chi connectivity index (χ2n) is 12.0. The molecule has 6 atom stereocenters. The molecule has 1 saturated heterocycles. The van der Waals surface area contributed by atoms with E-state index in [0.29, 0.717) is 19.3 Å². The van der Waals surface area contributed by atoms with Crippen LogP contribution in [0.3, 0.4) is 0 Å². The maximum Gasteiger partial charge on any atom is 0.165 e. The average molecular weight is 476 g/mol. The first-order valence-corrected chi connectivity index (χ1v) is 13.2. The van der Waals surface area contributed by atoms with Gasteiger partial charge >= 0.3 is 0 Å². The third-order valence-corrected chi connectivity index (χ3v) is 10.9. The third-order valence-electron chi connectivity index (χ3n) is 10.9. The number of nitrogens with zero attached hydrogens (tertiary/aromatic N) is 1. The fourth-order valence-corrected chi connectivity index (χ4v) is 9.54. The number of ether oxygens (including phenoxy) is 4.